The van der Waals surface area contributed by atoms with Gasteiger partial charge in [0.15, 0.2) is 0 Å². The number of fused-ring (bicyclic) bond motifs is 6. The second-order valence-electron chi connectivity index (χ2n) is 5.68. The van der Waals surface area contributed by atoms with Crippen LogP contribution in [0, 0.1) is 0 Å². The molecule has 0 unspecified atom stereocenters. The summed E-state index contributed by atoms with van der Waals surface area (Å²) in [6.45, 7) is 0. The van der Waals surface area contributed by atoms with Crippen LogP contribution < -0.4 is 0 Å². The highest BCUT2D eigenvalue weighted by Gasteiger charge is 2.12. The maximum absolute atomic E-state index is 2.43. The Morgan fingerprint density at radius 3 is 2.09 bits per heavy atom. The maximum Gasteiger partial charge on any atom is 0.0668 e. The Kier molecular flexibility index (Phi) is 2.53. The number of rotatable bonds is 0. The molecule has 0 saturated carbocycles. The van der Waals surface area contributed by atoms with Crippen molar-refractivity contribution in [2.45, 2.75) is 0 Å². The normalized spacial score (nSPS) is 11.9. The van der Waals surface area contributed by atoms with E-state index in [9.17, 15) is 0 Å². The molecule has 0 aliphatic carbocycles. The van der Waals surface area contributed by atoms with Gasteiger partial charge >= 0.3 is 0 Å². The molecule has 0 bridgehead atoms. The van der Waals surface area contributed by atoms with Crippen LogP contribution in [0.1, 0.15) is 0 Å². The fourth-order valence-electron chi connectivity index (χ4n) is 3.41. The van der Waals surface area contributed by atoms with Crippen LogP contribution >= 0.6 is 22.9 Å². The van der Waals surface area contributed by atoms with Gasteiger partial charge in [0.05, 0.1) is 33.9 Å². The van der Waals surface area contributed by atoms with E-state index in [1.165, 1.54) is 43.4 Å². The molecule has 0 atom stereocenters. The molecule has 1 aromatic heterocycles. The minimum absolute atomic E-state index is 1.28. The van der Waals surface area contributed by atoms with E-state index in [2.05, 4.69) is 98.4 Å². The molecule has 0 radical (unpaired) electrons. The molecule has 5 aromatic rings. The van der Waals surface area contributed by atoms with Gasteiger partial charge in [0.1, 0.15) is 0 Å². The van der Waals surface area contributed by atoms with E-state index in [1.54, 1.807) is 0 Å². The van der Waals surface area contributed by atoms with Crippen molar-refractivity contribution < 1.29 is 0 Å². The highest BCUT2D eigenvalue weighted by Crippen LogP contribution is 2.37. The summed E-state index contributed by atoms with van der Waals surface area (Å²) in [7, 11) is 0. The van der Waals surface area contributed by atoms with E-state index >= 15 is 0 Å². The summed E-state index contributed by atoms with van der Waals surface area (Å²) in [5.74, 6) is 0. The first kappa shape index (κ1) is 12.5. The first-order valence-electron chi connectivity index (χ1n) is 7.34. The van der Waals surface area contributed by atoms with Gasteiger partial charge in [-0.2, -0.15) is 0 Å². The van der Waals surface area contributed by atoms with E-state index in [1.807, 2.05) is 0 Å². The number of hydrogen-bond acceptors (Lipinski definition) is 0. The highest BCUT2D eigenvalue weighted by molar-refractivity contribution is 14.1. The molecule has 0 fully saturated rings. The molecular weight excluding hydrogens is 381 g/mol. The number of benzene rings is 4. The van der Waals surface area contributed by atoms with Crippen LogP contribution in [0.4, 0.5) is 0 Å². The first-order valence-corrected chi connectivity index (χ1v) is 8.30. The predicted molar refractivity (Wildman–Crippen MR) is 104 cm³/mol. The van der Waals surface area contributed by atoms with Crippen molar-refractivity contribution in [3.8, 4) is 0 Å². The van der Waals surface area contributed by atoms with Gasteiger partial charge < -0.3 is 0 Å². The lowest BCUT2D eigenvalue weighted by atomic mass is 10.0. The highest BCUT2D eigenvalue weighted by atomic mass is 127. The molecular formula is C20H12IN. The first-order chi connectivity index (χ1) is 10.8. The molecule has 0 spiro atoms. The number of nitrogens with zero attached hydrogens (tertiary/aromatic N) is 1. The van der Waals surface area contributed by atoms with Crippen molar-refractivity contribution in [3.63, 3.8) is 0 Å². The molecule has 4 aromatic carbocycles. The van der Waals surface area contributed by atoms with Gasteiger partial charge in [-0.15, -0.1) is 0 Å². The van der Waals surface area contributed by atoms with Crippen molar-refractivity contribution in [2.24, 2.45) is 0 Å². The summed E-state index contributed by atoms with van der Waals surface area (Å²) < 4.78 is 2.30. The molecule has 0 amide bonds. The van der Waals surface area contributed by atoms with Crippen LogP contribution in [0.2, 0.25) is 0 Å². The van der Waals surface area contributed by atoms with E-state index < -0.39 is 0 Å². The standard InChI is InChI=1S/C20H12IN/c21-22-19-12-15-7-2-1-6-14(15)11-18(19)17-10-9-13-5-3-4-8-16(13)20(17)22/h1-12H. The van der Waals surface area contributed by atoms with Gasteiger partial charge in [0.25, 0.3) is 0 Å². The van der Waals surface area contributed by atoms with Gasteiger partial charge in [-0.1, -0.05) is 60.7 Å². The molecule has 0 aliphatic heterocycles. The third-order valence-electron chi connectivity index (χ3n) is 4.46. The Hall–Kier alpha value is -2.07. The topological polar surface area (TPSA) is 4.93 Å². The fraction of sp³-hybridized carbons (Fsp3) is 0. The van der Waals surface area contributed by atoms with Crippen molar-refractivity contribution in [2.75, 3.05) is 0 Å². The predicted octanol–water partition coefficient (Wildman–Crippen LogP) is 6.30. The zero-order valence-corrected chi connectivity index (χ0v) is 13.9. The van der Waals surface area contributed by atoms with Crippen LogP contribution in [0.5, 0.6) is 0 Å². The van der Waals surface area contributed by atoms with Gasteiger partial charge in [-0.25, -0.2) is 0 Å². The summed E-state index contributed by atoms with van der Waals surface area (Å²) in [5.41, 5.74) is 2.59. The van der Waals surface area contributed by atoms with E-state index in [0.29, 0.717) is 0 Å². The number of halogens is 1. The van der Waals surface area contributed by atoms with Crippen LogP contribution in [0.3, 0.4) is 0 Å². The van der Waals surface area contributed by atoms with Crippen LogP contribution in [-0.4, -0.2) is 2.78 Å². The minimum Gasteiger partial charge on any atom is -0.281 e. The Morgan fingerprint density at radius 1 is 0.591 bits per heavy atom. The molecule has 1 heterocycles. The molecule has 0 saturated heterocycles. The second kappa shape index (κ2) is 4.46. The number of hydrogen-bond donors (Lipinski definition) is 0. The zero-order valence-electron chi connectivity index (χ0n) is 11.8. The third-order valence-corrected chi connectivity index (χ3v) is 5.46. The molecule has 2 heteroatoms. The molecule has 0 aliphatic rings. The van der Waals surface area contributed by atoms with Crippen molar-refractivity contribution in [3.05, 3.63) is 72.8 Å². The summed E-state index contributed by atoms with van der Waals surface area (Å²) in [5, 5.41) is 7.85. The molecule has 104 valence electrons. The summed E-state index contributed by atoms with van der Waals surface area (Å²) in [6.07, 6.45) is 0. The SMILES string of the molecule is In1c2cc3ccccc3cc2c2ccc3ccccc3c21. The van der Waals surface area contributed by atoms with E-state index in [0.717, 1.165) is 0 Å². The van der Waals surface area contributed by atoms with Gasteiger partial charge in [-0.05, 0) is 28.3 Å². The largest absolute Gasteiger partial charge is 0.281 e. The Labute approximate surface area is 141 Å². The van der Waals surface area contributed by atoms with E-state index in [-0.39, 0.29) is 0 Å². The van der Waals surface area contributed by atoms with Crippen LogP contribution in [0.25, 0.3) is 43.4 Å². The molecule has 1 nitrogen and oxygen atoms in total. The Bertz CT molecular complexity index is 1180. The Morgan fingerprint density at radius 2 is 1.27 bits per heavy atom. The average molecular weight is 393 g/mol. The van der Waals surface area contributed by atoms with Gasteiger partial charge in [0.2, 0.25) is 0 Å². The van der Waals surface area contributed by atoms with Crippen molar-refractivity contribution in [1.29, 1.82) is 0 Å². The van der Waals surface area contributed by atoms with Crippen LogP contribution in [-0.2, 0) is 0 Å². The molecule has 22 heavy (non-hydrogen) atoms. The maximum atomic E-state index is 2.43. The number of aromatic nitrogens is 1. The fourth-order valence-corrected chi connectivity index (χ4v) is 4.33. The van der Waals surface area contributed by atoms with Gasteiger partial charge in [-0.3, -0.25) is 2.78 Å². The van der Waals surface area contributed by atoms with Crippen molar-refractivity contribution in [1.82, 2.24) is 2.78 Å². The smallest absolute Gasteiger partial charge is 0.0668 e. The lowest BCUT2D eigenvalue weighted by molar-refractivity contribution is 1.52. The zero-order chi connectivity index (χ0) is 14.7. The third kappa shape index (κ3) is 1.59. The lowest BCUT2D eigenvalue weighted by Gasteiger charge is -2.01. The molecule has 0 N–H and O–H groups in total. The summed E-state index contributed by atoms with van der Waals surface area (Å²) >= 11 is 2.43. The quantitative estimate of drug-likeness (QED) is 0.272. The monoisotopic (exact) mass is 393 g/mol. The van der Waals surface area contributed by atoms with Crippen molar-refractivity contribution >= 4 is 66.2 Å². The minimum atomic E-state index is 1.28. The van der Waals surface area contributed by atoms with Gasteiger partial charge in [0, 0.05) is 16.2 Å². The second-order valence-corrected chi connectivity index (χ2v) is 6.65. The lowest BCUT2D eigenvalue weighted by Crippen LogP contribution is -1.80. The Balaban J connectivity index is 2.09. The summed E-state index contributed by atoms with van der Waals surface area (Å²) in [4.78, 5) is 0. The molecule has 5 rings (SSSR count). The van der Waals surface area contributed by atoms with E-state index in [4.69, 9.17) is 0 Å². The van der Waals surface area contributed by atoms with Crippen LogP contribution in [0.15, 0.2) is 72.8 Å². The average Bonchev–Trinajstić information content (AvgIpc) is 2.85. The summed E-state index contributed by atoms with van der Waals surface area (Å²) in [6, 6.07) is 26.3.